The molecule has 0 aromatic heterocycles. The first-order chi connectivity index (χ1) is 17.5. The molecule has 188 valence electrons. The smallest absolute Gasteiger partial charge is 0.279 e. The molecule has 0 saturated carbocycles. The molecule has 3 aromatic carbocycles. The van der Waals surface area contributed by atoms with Crippen LogP contribution in [-0.2, 0) is 9.59 Å². The number of quaternary nitrogens is 1. The highest BCUT2D eigenvalue weighted by Gasteiger charge is 2.28. The van der Waals surface area contributed by atoms with E-state index in [0.717, 1.165) is 4.90 Å². The van der Waals surface area contributed by atoms with Crippen LogP contribution in [0.5, 0.6) is 23.0 Å². The van der Waals surface area contributed by atoms with Crippen LogP contribution >= 0.6 is 0 Å². The number of hydrogen-bond donors (Lipinski definition) is 3. The maximum atomic E-state index is 12.9. The Hall–Kier alpha value is -4.24. The Morgan fingerprint density at radius 3 is 1.94 bits per heavy atom. The highest BCUT2D eigenvalue weighted by Crippen LogP contribution is 2.30. The summed E-state index contributed by atoms with van der Waals surface area (Å²) in [5.74, 6) is 2.15. The summed E-state index contributed by atoms with van der Waals surface area (Å²) in [4.78, 5) is 26.5. The third-order valence-corrected chi connectivity index (χ3v) is 5.61. The fourth-order valence-electron chi connectivity index (χ4n) is 3.96. The van der Waals surface area contributed by atoms with Gasteiger partial charge in [-0.15, -0.1) is 0 Å². The third kappa shape index (κ3) is 6.89. The zero-order valence-corrected chi connectivity index (χ0v) is 20.3. The van der Waals surface area contributed by atoms with Crippen molar-refractivity contribution in [2.75, 3.05) is 51.1 Å². The van der Waals surface area contributed by atoms with Gasteiger partial charge in [0.25, 0.3) is 11.8 Å². The Morgan fingerprint density at radius 2 is 1.39 bits per heavy atom. The van der Waals surface area contributed by atoms with Gasteiger partial charge >= 0.3 is 0 Å². The molecule has 36 heavy (non-hydrogen) atoms. The Bertz CT molecular complexity index is 1140. The van der Waals surface area contributed by atoms with E-state index in [0.29, 0.717) is 47.5 Å². The van der Waals surface area contributed by atoms with E-state index in [-0.39, 0.29) is 31.0 Å². The second kappa shape index (κ2) is 11.9. The topological polar surface area (TPSA) is 99.6 Å². The van der Waals surface area contributed by atoms with Crippen molar-refractivity contribution in [3.63, 3.8) is 0 Å². The minimum absolute atomic E-state index is 0.0598. The Labute approximate surface area is 209 Å². The first kappa shape index (κ1) is 24.9. The number of hydrogen-bond acceptors (Lipinski definition) is 6. The van der Waals surface area contributed by atoms with Crippen molar-refractivity contribution in [2.45, 2.75) is 6.10 Å². The van der Waals surface area contributed by atoms with Crippen LogP contribution in [0.2, 0.25) is 0 Å². The Kier molecular flexibility index (Phi) is 8.25. The van der Waals surface area contributed by atoms with Gasteiger partial charge in [-0.05, 0) is 36.4 Å². The lowest BCUT2D eigenvalue weighted by atomic mass is 10.2. The second-order valence-electron chi connectivity index (χ2n) is 8.37. The molecule has 0 fully saturated rings. The number of ether oxygens (including phenoxy) is 4. The van der Waals surface area contributed by atoms with Crippen LogP contribution in [0.1, 0.15) is 0 Å². The van der Waals surface area contributed by atoms with E-state index < -0.39 is 0 Å². The largest absolute Gasteiger partial charge is 0.497 e. The summed E-state index contributed by atoms with van der Waals surface area (Å²) in [5, 5.41) is 5.76. The molecule has 9 nitrogen and oxygen atoms in total. The number of rotatable bonds is 10. The van der Waals surface area contributed by atoms with Crippen molar-refractivity contribution in [2.24, 2.45) is 0 Å². The highest BCUT2D eigenvalue weighted by atomic mass is 16.6. The normalized spacial score (nSPS) is 14.1. The van der Waals surface area contributed by atoms with Gasteiger partial charge < -0.3 is 34.5 Å². The maximum absolute atomic E-state index is 12.9. The SMILES string of the molecule is COc1cccc(NC(=O)C[NH+](CC(=O)Nc2cccc(OC)c2)C[C@H]2COc3ccccc3O2)c1. The molecule has 1 heterocycles. The molecule has 0 saturated heterocycles. The summed E-state index contributed by atoms with van der Waals surface area (Å²) >= 11 is 0. The van der Waals surface area contributed by atoms with Crippen molar-refractivity contribution in [1.82, 2.24) is 0 Å². The zero-order chi connectivity index (χ0) is 25.3. The number of amides is 2. The average Bonchev–Trinajstić information content (AvgIpc) is 2.88. The van der Waals surface area contributed by atoms with Crippen LogP contribution in [0, 0.1) is 0 Å². The van der Waals surface area contributed by atoms with E-state index >= 15 is 0 Å². The monoisotopic (exact) mass is 492 g/mol. The lowest BCUT2D eigenvalue weighted by Gasteiger charge is -2.29. The van der Waals surface area contributed by atoms with Gasteiger partial charge in [0.05, 0.1) is 14.2 Å². The number of carbonyl (C=O) groups excluding carboxylic acids is 2. The van der Waals surface area contributed by atoms with Gasteiger partial charge in [-0.25, -0.2) is 0 Å². The van der Waals surface area contributed by atoms with Gasteiger partial charge in [-0.3, -0.25) is 9.59 Å². The van der Waals surface area contributed by atoms with Gasteiger partial charge in [0.2, 0.25) is 0 Å². The van der Waals surface area contributed by atoms with E-state index in [4.69, 9.17) is 18.9 Å². The minimum atomic E-state index is -0.316. The van der Waals surface area contributed by atoms with Crippen molar-refractivity contribution in [3.05, 3.63) is 72.8 Å². The van der Waals surface area contributed by atoms with Crippen molar-refractivity contribution in [1.29, 1.82) is 0 Å². The Balaban J connectivity index is 1.43. The summed E-state index contributed by atoms with van der Waals surface area (Å²) in [5.41, 5.74) is 1.23. The Morgan fingerprint density at radius 1 is 0.833 bits per heavy atom. The molecular weight excluding hydrogens is 462 g/mol. The second-order valence-corrected chi connectivity index (χ2v) is 8.37. The van der Waals surface area contributed by atoms with E-state index in [9.17, 15) is 9.59 Å². The molecule has 3 aromatic rings. The summed E-state index contributed by atoms with van der Waals surface area (Å²) < 4.78 is 22.3. The van der Waals surface area contributed by atoms with Crippen LogP contribution in [0.4, 0.5) is 11.4 Å². The predicted molar refractivity (Wildman–Crippen MR) is 135 cm³/mol. The molecule has 0 aliphatic carbocycles. The molecule has 0 spiro atoms. The molecule has 3 N–H and O–H groups in total. The molecule has 4 rings (SSSR count). The molecule has 2 amide bonds. The predicted octanol–water partition coefficient (Wildman–Crippen LogP) is 2.01. The minimum Gasteiger partial charge on any atom is -0.497 e. The molecule has 0 radical (unpaired) electrons. The third-order valence-electron chi connectivity index (χ3n) is 5.61. The number of anilines is 2. The van der Waals surface area contributed by atoms with E-state index in [1.807, 2.05) is 24.3 Å². The lowest BCUT2D eigenvalue weighted by Crippen LogP contribution is -3.15. The quantitative estimate of drug-likeness (QED) is 0.401. The molecule has 1 aliphatic heterocycles. The molecule has 0 unspecified atom stereocenters. The van der Waals surface area contributed by atoms with Crippen molar-refractivity contribution < 1.29 is 33.4 Å². The lowest BCUT2D eigenvalue weighted by molar-refractivity contribution is -0.886. The molecule has 1 atom stereocenters. The molecule has 0 bridgehead atoms. The molecule has 9 heteroatoms. The number of methoxy groups -OCH3 is 2. The summed E-state index contributed by atoms with van der Waals surface area (Å²) in [7, 11) is 3.14. The summed E-state index contributed by atoms with van der Waals surface area (Å²) in [6, 6.07) is 21.7. The summed E-state index contributed by atoms with van der Waals surface area (Å²) in [6.07, 6.45) is -0.316. The van der Waals surface area contributed by atoms with Crippen LogP contribution in [0.3, 0.4) is 0 Å². The van der Waals surface area contributed by atoms with Crippen molar-refractivity contribution in [3.8, 4) is 23.0 Å². The van der Waals surface area contributed by atoms with Gasteiger partial charge in [-0.1, -0.05) is 24.3 Å². The van der Waals surface area contributed by atoms with Crippen molar-refractivity contribution >= 4 is 23.2 Å². The maximum Gasteiger partial charge on any atom is 0.279 e. The zero-order valence-electron chi connectivity index (χ0n) is 20.3. The van der Waals surface area contributed by atoms with Gasteiger partial charge in [0.15, 0.2) is 30.7 Å². The first-order valence-corrected chi connectivity index (χ1v) is 11.6. The number of nitrogens with one attached hydrogen (secondary N) is 3. The highest BCUT2D eigenvalue weighted by molar-refractivity contribution is 5.93. The molecular formula is C27H30N3O6+. The van der Waals surface area contributed by atoms with Crippen LogP contribution in [0.25, 0.3) is 0 Å². The number of carbonyl (C=O) groups is 2. The fraction of sp³-hybridized carbons (Fsp3) is 0.259. The average molecular weight is 493 g/mol. The van der Waals surface area contributed by atoms with Crippen LogP contribution in [0.15, 0.2) is 72.8 Å². The van der Waals surface area contributed by atoms with Gasteiger partial charge in [0, 0.05) is 23.5 Å². The van der Waals surface area contributed by atoms with Crippen LogP contribution < -0.4 is 34.5 Å². The first-order valence-electron chi connectivity index (χ1n) is 11.6. The van der Waals surface area contributed by atoms with E-state index in [2.05, 4.69) is 10.6 Å². The summed E-state index contributed by atoms with van der Waals surface area (Å²) in [6.45, 7) is 0.843. The van der Waals surface area contributed by atoms with E-state index in [1.54, 1.807) is 62.8 Å². The number of fused-ring (bicyclic) bond motifs is 1. The standard InChI is InChI=1S/C27H29N3O6/c1-33-21-9-5-7-19(13-21)28-26(31)16-30(15-23-18-35-24-11-3-4-12-25(24)36-23)17-27(32)29-20-8-6-10-22(14-20)34-2/h3-14,23H,15-18H2,1-2H3,(H,28,31)(H,29,32)/p+1/t23-/m0/s1. The number of para-hydroxylation sites is 2. The van der Waals surface area contributed by atoms with Gasteiger partial charge in [-0.2, -0.15) is 0 Å². The van der Waals surface area contributed by atoms with E-state index in [1.165, 1.54) is 0 Å². The van der Waals surface area contributed by atoms with Gasteiger partial charge in [0.1, 0.15) is 24.7 Å². The fourth-order valence-corrected chi connectivity index (χ4v) is 3.96. The number of benzene rings is 3. The molecule has 1 aliphatic rings. The van der Waals surface area contributed by atoms with Crippen LogP contribution in [-0.4, -0.2) is 58.4 Å².